The quantitative estimate of drug-likeness (QED) is 0.340. The van der Waals surface area contributed by atoms with Crippen LogP contribution in [-0.2, 0) is 0 Å². The highest BCUT2D eigenvalue weighted by molar-refractivity contribution is 5.72. The molecule has 0 atom stereocenters. The number of aryl methyl sites for hydroxylation is 1. The first-order valence-corrected chi connectivity index (χ1v) is 9.50. The van der Waals surface area contributed by atoms with Crippen LogP contribution in [0.2, 0.25) is 0 Å². The van der Waals surface area contributed by atoms with Crippen LogP contribution in [0.5, 0.6) is 17.2 Å². The average Bonchev–Trinajstić information content (AvgIpc) is 3.13. The number of hydrogen-bond acceptors (Lipinski definition) is 9. The summed E-state index contributed by atoms with van der Waals surface area (Å²) in [5.74, 6) is 1.99. The molecule has 0 aliphatic heterocycles. The highest BCUT2D eigenvalue weighted by atomic mass is 16.6. The Morgan fingerprint density at radius 3 is 2.38 bits per heavy atom. The van der Waals surface area contributed by atoms with Crippen molar-refractivity contribution in [3.8, 4) is 28.6 Å². The van der Waals surface area contributed by atoms with Gasteiger partial charge in [0.25, 0.3) is 5.69 Å². The number of anilines is 2. The van der Waals surface area contributed by atoms with E-state index in [0.29, 0.717) is 45.5 Å². The Morgan fingerprint density at radius 1 is 1.06 bits per heavy atom. The number of methoxy groups -OCH3 is 3. The van der Waals surface area contributed by atoms with Gasteiger partial charge in [-0.15, -0.1) is 5.10 Å². The summed E-state index contributed by atoms with van der Waals surface area (Å²) in [7, 11) is 4.57. The molecule has 0 saturated carbocycles. The summed E-state index contributed by atoms with van der Waals surface area (Å²) in [6, 6.07) is 9.84. The number of benzene rings is 2. The maximum absolute atomic E-state index is 11.5. The molecular formula is C21H20N6O5. The van der Waals surface area contributed by atoms with E-state index in [1.807, 2.05) is 0 Å². The van der Waals surface area contributed by atoms with Crippen LogP contribution in [0.1, 0.15) is 5.69 Å². The normalized spacial score (nSPS) is 10.8. The van der Waals surface area contributed by atoms with Gasteiger partial charge in [0.15, 0.2) is 17.3 Å². The van der Waals surface area contributed by atoms with Crippen LogP contribution < -0.4 is 19.5 Å². The highest BCUT2D eigenvalue weighted by Crippen LogP contribution is 2.40. The summed E-state index contributed by atoms with van der Waals surface area (Å²) in [4.78, 5) is 19.9. The zero-order chi connectivity index (χ0) is 22.8. The fourth-order valence-corrected chi connectivity index (χ4v) is 3.36. The van der Waals surface area contributed by atoms with Gasteiger partial charge in [0.2, 0.25) is 11.7 Å². The molecule has 164 valence electrons. The fraction of sp³-hybridized carbons (Fsp3) is 0.190. The number of imidazole rings is 1. The molecule has 0 aliphatic carbocycles. The number of fused-ring (bicyclic) bond motifs is 1. The third-order valence-corrected chi connectivity index (χ3v) is 4.84. The van der Waals surface area contributed by atoms with Crippen molar-refractivity contribution >= 4 is 22.8 Å². The van der Waals surface area contributed by atoms with E-state index in [1.54, 1.807) is 43.5 Å². The summed E-state index contributed by atoms with van der Waals surface area (Å²) >= 11 is 0. The zero-order valence-corrected chi connectivity index (χ0v) is 17.8. The van der Waals surface area contributed by atoms with Gasteiger partial charge in [-0.25, -0.2) is 14.5 Å². The van der Waals surface area contributed by atoms with Crippen molar-refractivity contribution in [2.45, 2.75) is 6.92 Å². The lowest BCUT2D eigenvalue weighted by atomic mass is 10.2. The van der Waals surface area contributed by atoms with Crippen molar-refractivity contribution < 1.29 is 19.1 Å². The van der Waals surface area contributed by atoms with Gasteiger partial charge in [-0.05, 0) is 13.0 Å². The van der Waals surface area contributed by atoms with Crippen molar-refractivity contribution in [3.05, 3.63) is 58.4 Å². The zero-order valence-electron chi connectivity index (χ0n) is 17.8. The van der Waals surface area contributed by atoms with Crippen molar-refractivity contribution in [2.75, 3.05) is 26.6 Å². The maximum atomic E-state index is 11.5. The maximum Gasteiger partial charge on any atom is 0.280 e. The van der Waals surface area contributed by atoms with Gasteiger partial charge < -0.3 is 19.5 Å². The minimum absolute atomic E-state index is 0.0582. The Morgan fingerprint density at radius 2 is 1.75 bits per heavy atom. The summed E-state index contributed by atoms with van der Waals surface area (Å²) in [5.41, 5.74) is 2.18. The Hall–Kier alpha value is -4.41. The first kappa shape index (κ1) is 20.8. The SMILES string of the molecule is COc1cc(Nc2ncc3c(C)nc(-c4ccccc4[N+](=O)[O-])n3n2)cc(OC)c1OC. The van der Waals surface area contributed by atoms with Gasteiger partial charge in [-0.1, -0.05) is 12.1 Å². The number of hydrogen-bond donors (Lipinski definition) is 1. The molecule has 0 amide bonds. The number of nitrogens with one attached hydrogen (secondary N) is 1. The number of nitro benzene ring substituents is 1. The second kappa shape index (κ2) is 8.38. The number of nitrogens with zero attached hydrogens (tertiary/aromatic N) is 5. The summed E-state index contributed by atoms with van der Waals surface area (Å²) in [6.07, 6.45) is 1.61. The molecular weight excluding hydrogens is 416 g/mol. The van der Waals surface area contributed by atoms with E-state index in [2.05, 4.69) is 20.4 Å². The Balaban J connectivity index is 1.80. The molecule has 0 aliphatic rings. The smallest absolute Gasteiger partial charge is 0.280 e. The Kier molecular flexibility index (Phi) is 5.46. The van der Waals surface area contributed by atoms with E-state index >= 15 is 0 Å². The van der Waals surface area contributed by atoms with Crippen molar-refractivity contribution in [1.29, 1.82) is 0 Å². The lowest BCUT2D eigenvalue weighted by Gasteiger charge is -2.14. The Bertz CT molecular complexity index is 1290. The van der Waals surface area contributed by atoms with E-state index in [1.165, 1.54) is 31.9 Å². The third kappa shape index (κ3) is 3.60. The van der Waals surface area contributed by atoms with E-state index in [0.717, 1.165) is 0 Å². The van der Waals surface area contributed by atoms with Crippen LogP contribution in [-0.4, -0.2) is 45.8 Å². The number of rotatable bonds is 7. The van der Waals surface area contributed by atoms with Crippen molar-refractivity contribution in [3.63, 3.8) is 0 Å². The molecule has 11 nitrogen and oxygen atoms in total. The van der Waals surface area contributed by atoms with Crippen LogP contribution in [0.3, 0.4) is 0 Å². The number of para-hydroxylation sites is 1. The van der Waals surface area contributed by atoms with Gasteiger partial charge in [-0.3, -0.25) is 10.1 Å². The molecule has 32 heavy (non-hydrogen) atoms. The lowest BCUT2D eigenvalue weighted by Crippen LogP contribution is -2.04. The second-order valence-electron chi connectivity index (χ2n) is 6.71. The summed E-state index contributed by atoms with van der Waals surface area (Å²) in [5, 5.41) is 19.1. The molecule has 2 heterocycles. The fourth-order valence-electron chi connectivity index (χ4n) is 3.36. The van der Waals surface area contributed by atoms with E-state index in [9.17, 15) is 10.1 Å². The molecule has 0 radical (unpaired) electrons. The molecule has 2 aromatic carbocycles. The van der Waals surface area contributed by atoms with Crippen LogP contribution in [0, 0.1) is 17.0 Å². The molecule has 11 heteroatoms. The van der Waals surface area contributed by atoms with Crippen LogP contribution >= 0.6 is 0 Å². The summed E-state index contributed by atoms with van der Waals surface area (Å²) in [6.45, 7) is 1.79. The standard InChI is InChI=1S/C21H20N6O5/c1-12-16-11-22-21(24-13-9-17(30-2)19(32-4)18(10-13)31-3)25-26(16)20(23-12)14-7-5-6-8-15(14)27(28)29/h5-11H,1-4H3,(H,24,25). The first-order valence-electron chi connectivity index (χ1n) is 9.50. The van der Waals surface area contributed by atoms with Gasteiger partial charge >= 0.3 is 0 Å². The van der Waals surface area contributed by atoms with Gasteiger partial charge in [0.1, 0.15) is 5.52 Å². The molecule has 0 saturated heterocycles. The van der Waals surface area contributed by atoms with Crippen LogP contribution in [0.4, 0.5) is 17.3 Å². The molecule has 2 aromatic heterocycles. The predicted molar refractivity (Wildman–Crippen MR) is 117 cm³/mol. The van der Waals surface area contributed by atoms with Crippen LogP contribution in [0.15, 0.2) is 42.6 Å². The largest absolute Gasteiger partial charge is 0.493 e. The highest BCUT2D eigenvalue weighted by Gasteiger charge is 2.21. The molecule has 1 N–H and O–H groups in total. The molecule has 0 fully saturated rings. The van der Waals surface area contributed by atoms with Gasteiger partial charge in [0, 0.05) is 23.9 Å². The van der Waals surface area contributed by atoms with Crippen LogP contribution in [0.25, 0.3) is 16.9 Å². The average molecular weight is 436 g/mol. The third-order valence-electron chi connectivity index (χ3n) is 4.84. The Labute approximate surface area is 182 Å². The number of nitro groups is 1. The van der Waals surface area contributed by atoms with E-state index in [4.69, 9.17) is 14.2 Å². The monoisotopic (exact) mass is 436 g/mol. The number of ether oxygens (including phenoxy) is 3. The predicted octanol–water partition coefficient (Wildman–Crippen LogP) is 3.78. The molecule has 4 rings (SSSR count). The van der Waals surface area contributed by atoms with E-state index < -0.39 is 4.92 Å². The minimum atomic E-state index is -0.442. The second-order valence-corrected chi connectivity index (χ2v) is 6.71. The number of aromatic nitrogens is 4. The molecule has 4 aromatic rings. The molecule has 0 unspecified atom stereocenters. The van der Waals surface area contributed by atoms with Crippen molar-refractivity contribution in [2.24, 2.45) is 0 Å². The van der Waals surface area contributed by atoms with Gasteiger partial charge in [0.05, 0.1) is 43.7 Å². The van der Waals surface area contributed by atoms with Crippen molar-refractivity contribution in [1.82, 2.24) is 19.6 Å². The topological polar surface area (TPSA) is 126 Å². The first-order chi connectivity index (χ1) is 15.5. The van der Waals surface area contributed by atoms with Gasteiger partial charge in [-0.2, -0.15) is 0 Å². The van der Waals surface area contributed by atoms with E-state index in [-0.39, 0.29) is 11.6 Å². The summed E-state index contributed by atoms with van der Waals surface area (Å²) < 4.78 is 17.6. The molecule has 0 spiro atoms. The minimum Gasteiger partial charge on any atom is -0.493 e. The molecule has 0 bridgehead atoms. The lowest BCUT2D eigenvalue weighted by molar-refractivity contribution is -0.384.